The predicted molar refractivity (Wildman–Crippen MR) is 192 cm³/mol. The molecular formula is C37H51BrN2O5Si. The zero-order valence-corrected chi connectivity index (χ0v) is 31.1. The van der Waals surface area contributed by atoms with Crippen molar-refractivity contribution in [3.8, 4) is 0 Å². The summed E-state index contributed by atoms with van der Waals surface area (Å²) in [6.07, 6.45) is -0.676. The number of ether oxygens (including phenoxy) is 1. The number of carbonyl (C=O) groups is 2. The smallest absolute Gasteiger partial charge is 0.408 e. The number of carbonyl (C=O) groups excluding carboxylic acids is 1. The van der Waals surface area contributed by atoms with E-state index in [1.165, 1.54) is 0 Å². The topological polar surface area (TPSA) is 88.1 Å². The van der Waals surface area contributed by atoms with Crippen LogP contribution in [-0.4, -0.2) is 54.2 Å². The molecule has 3 aromatic carbocycles. The lowest BCUT2D eigenvalue weighted by atomic mass is 9.90. The average Bonchev–Trinajstić information content (AvgIpc) is 2.96. The van der Waals surface area contributed by atoms with Crippen LogP contribution in [-0.2, 0) is 28.6 Å². The summed E-state index contributed by atoms with van der Waals surface area (Å²) in [5.74, 6) is 0. The third kappa shape index (κ3) is 11.3. The molecule has 0 saturated carbocycles. The van der Waals surface area contributed by atoms with Gasteiger partial charge in [0.15, 0.2) is 8.32 Å². The second-order valence-corrected chi connectivity index (χ2v) is 20.1. The first-order valence-electron chi connectivity index (χ1n) is 15.9. The summed E-state index contributed by atoms with van der Waals surface area (Å²) in [6, 6.07) is 26.6. The maximum absolute atomic E-state index is 13.3. The van der Waals surface area contributed by atoms with E-state index in [0.29, 0.717) is 19.3 Å². The fourth-order valence-electron chi connectivity index (χ4n) is 5.32. The van der Waals surface area contributed by atoms with Gasteiger partial charge in [-0.2, -0.15) is 0 Å². The summed E-state index contributed by atoms with van der Waals surface area (Å²) in [5.41, 5.74) is 2.25. The van der Waals surface area contributed by atoms with Crippen molar-refractivity contribution in [1.82, 2.24) is 10.2 Å². The Balaban J connectivity index is 2.06. The molecule has 3 rings (SSSR count). The van der Waals surface area contributed by atoms with Crippen LogP contribution in [0.4, 0.5) is 9.59 Å². The molecule has 46 heavy (non-hydrogen) atoms. The molecule has 2 amide bonds. The van der Waals surface area contributed by atoms with Crippen molar-refractivity contribution < 1.29 is 23.9 Å². The minimum atomic E-state index is -2.42. The summed E-state index contributed by atoms with van der Waals surface area (Å²) in [7, 11) is -2.42. The normalized spacial score (nSPS) is 14.2. The molecule has 3 atom stereocenters. The van der Waals surface area contributed by atoms with Crippen molar-refractivity contribution in [2.75, 3.05) is 0 Å². The fraction of sp³-hybridized carbons (Fsp3) is 0.459. The monoisotopic (exact) mass is 710 g/mol. The highest BCUT2D eigenvalue weighted by Crippen LogP contribution is 2.39. The Kier molecular flexibility index (Phi) is 13.1. The van der Waals surface area contributed by atoms with Crippen LogP contribution in [0.1, 0.15) is 64.7 Å². The Hall–Kier alpha value is -3.14. The lowest BCUT2D eigenvalue weighted by molar-refractivity contribution is 0.00542. The number of rotatable bonds is 13. The highest BCUT2D eigenvalue weighted by atomic mass is 79.9. The number of amides is 2. The van der Waals surface area contributed by atoms with Gasteiger partial charge in [0.2, 0.25) is 0 Å². The van der Waals surface area contributed by atoms with E-state index >= 15 is 0 Å². The SMILES string of the molecule is CC(C)(C)N(C(=O)O)[C@@H](Cc1ccccc1)[C@H](C[C@H](Cc1ccc(Br)cc1)NC(=O)OCc1ccccc1)O[Si](C)(C)C(C)(C)C. The Bertz CT molecular complexity index is 1390. The summed E-state index contributed by atoms with van der Waals surface area (Å²) >= 11 is 3.52. The van der Waals surface area contributed by atoms with E-state index in [2.05, 4.69) is 55.1 Å². The van der Waals surface area contributed by atoms with Crippen molar-refractivity contribution in [3.63, 3.8) is 0 Å². The van der Waals surface area contributed by atoms with Gasteiger partial charge in [0, 0.05) is 16.1 Å². The van der Waals surface area contributed by atoms with Gasteiger partial charge in [-0.05, 0) is 87.0 Å². The van der Waals surface area contributed by atoms with Gasteiger partial charge in [-0.3, -0.25) is 4.90 Å². The summed E-state index contributed by atoms with van der Waals surface area (Å²) in [4.78, 5) is 27.9. The molecule has 0 aliphatic heterocycles. The number of alkyl carbamates (subject to hydrolysis) is 1. The first-order valence-corrected chi connectivity index (χ1v) is 19.6. The van der Waals surface area contributed by atoms with E-state index in [0.717, 1.165) is 21.2 Å². The highest BCUT2D eigenvalue weighted by Gasteiger charge is 2.45. The molecule has 250 valence electrons. The predicted octanol–water partition coefficient (Wildman–Crippen LogP) is 9.46. The third-order valence-corrected chi connectivity index (χ3v) is 13.7. The van der Waals surface area contributed by atoms with Gasteiger partial charge in [0.05, 0.1) is 12.1 Å². The average molecular weight is 712 g/mol. The number of halogens is 1. The van der Waals surface area contributed by atoms with E-state index in [4.69, 9.17) is 9.16 Å². The fourth-order valence-corrected chi connectivity index (χ4v) is 6.95. The molecule has 0 saturated heterocycles. The standard InChI is InChI=1S/C37H51BrN2O5Si/c1-36(2,3)40(35(42)43)32(24-27-15-11-9-12-16-27)33(45-46(7,8)37(4,5)6)25-31(23-28-19-21-30(38)22-20-28)39-34(41)44-26-29-17-13-10-14-18-29/h9-22,31-33H,23-26H2,1-8H3,(H,39,41)(H,42,43)/t31-,32-,33-/m0/s1. The maximum Gasteiger partial charge on any atom is 0.408 e. The summed E-state index contributed by atoms with van der Waals surface area (Å²) in [6.45, 7) is 16.8. The number of nitrogens with one attached hydrogen (secondary N) is 1. The molecule has 0 spiro atoms. The zero-order valence-electron chi connectivity index (χ0n) is 28.5. The van der Waals surface area contributed by atoms with Gasteiger partial charge in [-0.1, -0.05) is 109 Å². The largest absolute Gasteiger partial charge is 0.465 e. The first-order chi connectivity index (χ1) is 21.5. The van der Waals surface area contributed by atoms with Crippen molar-refractivity contribution in [2.45, 2.75) is 109 Å². The lowest BCUT2D eigenvalue weighted by Gasteiger charge is -2.47. The van der Waals surface area contributed by atoms with E-state index in [9.17, 15) is 14.7 Å². The van der Waals surface area contributed by atoms with E-state index in [1.54, 1.807) is 4.90 Å². The summed E-state index contributed by atoms with van der Waals surface area (Å²) < 4.78 is 13.8. The number of benzene rings is 3. The molecule has 0 fully saturated rings. The van der Waals surface area contributed by atoms with E-state index in [-0.39, 0.29) is 11.6 Å². The molecule has 0 aromatic heterocycles. The molecule has 0 unspecified atom stereocenters. The lowest BCUT2D eigenvalue weighted by Crippen LogP contribution is -2.60. The Labute approximate surface area is 285 Å². The Morgan fingerprint density at radius 2 is 1.35 bits per heavy atom. The van der Waals surface area contributed by atoms with Gasteiger partial charge in [0.1, 0.15) is 6.61 Å². The van der Waals surface area contributed by atoms with Gasteiger partial charge >= 0.3 is 12.2 Å². The highest BCUT2D eigenvalue weighted by molar-refractivity contribution is 9.10. The Morgan fingerprint density at radius 1 is 0.826 bits per heavy atom. The van der Waals surface area contributed by atoms with Gasteiger partial charge in [-0.25, -0.2) is 9.59 Å². The Morgan fingerprint density at radius 3 is 1.85 bits per heavy atom. The maximum atomic E-state index is 13.3. The number of hydrogen-bond acceptors (Lipinski definition) is 4. The molecule has 0 aliphatic rings. The van der Waals surface area contributed by atoms with Crippen LogP contribution >= 0.6 is 15.9 Å². The number of hydrogen-bond donors (Lipinski definition) is 2. The number of carboxylic acid groups (broad SMARTS) is 1. The van der Waals surface area contributed by atoms with Crippen LogP contribution in [0.2, 0.25) is 18.1 Å². The molecule has 0 radical (unpaired) electrons. The van der Waals surface area contributed by atoms with Crippen LogP contribution < -0.4 is 5.32 Å². The zero-order chi connectivity index (χ0) is 34.1. The van der Waals surface area contributed by atoms with Gasteiger partial charge in [0.25, 0.3) is 0 Å². The van der Waals surface area contributed by atoms with Crippen LogP contribution in [0.3, 0.4) is 0 Å². The van der Waals surface area contributed by atoms with Gasteiger partial charge in [-0.15, -0.1) is 0 Å². The van der Waals surface area contributed by atoms with Crippen molar-refractivity contribution in [2.24, 2.45) is 0 Å². The molecule has 3 aromatic rings. The van der Waals surface area contributed by atoms with E-state index in [1.807, 2.05) is 106 Å². The second kappa shape index (κ2) is 16.1. The quantitative estimate of drug-likeness (QED) is 0.173. The van der Waals surface area contributed by atoms with Crippen LogP contribution in [0, 0.1) is 0 Å². The van der Waals surface area contributed by atoms with Crippen molar-refractivity contribution in [3.05, 3.63) is 106 Å². The molecule has 0 heterocycles. The van der Waals surface area contributed by atoms with Gasteiger partial charge < -0.3 is 19.6 Å². The molecular weight excluding hydrogens is 660 g/mol. The van der Waals surface area contributed by atoms with Crippen LogP contribution in [0.5, 0.6) is 0 Å². The molecule has 0 bridgehead atoms. The number of nitrogens with zero attached hydrogens (tertiary/aromatic N) is 1. The van der Waals surface area contributed by atoms with E-state index < -0.39 is 44.2 Å². The van der Waals surface area contributed by atoms with Crippen LogP contribution in [0.15, 0.2) is 89.4 Å². The van der Waals surface area contributed by atoms with Crippen molar-refractivity contribution >= 4 is 36.4 Å². The van der Waals surface area contributed by atoms with Crippen LogP contribution in [0.25, 0.3) is 0 Å². The second-order valence-electron chi connectivity index (χ2n) is 14.5. The molecule has 0 aliphatic carbocycles. The summed E-state index contributed by atoms with van der Waals surface area (Å²) in [5, 5.41) is 13.7. The molecule has 7 nitrogen and oxygen atoms in total. The first kappa shape index (κ1) is 37.3. The minimum absolute atomic E-state index is 0.123. The third-order valence-electron chi connectivity index (χ3n) is 8.68. The molecule has 2 N–H and O–H groups in total. The molecule has 9 heteroatoms. The minimum Gasteiger partial charge on any atom is -0.465 e. The van der Waals surface area contributed by atoms with Crippen molar-refractivity contribution in [1.29, 1.82) is 0 Å².